The summed E-state index contributed by atoms with van der Waals surface area (Å²) in [7, 11) is 0. The Morgan fingerprint density at radius 2 is 1.86 bits per heavy atom. The predicted octanol–water partition coefficient (Wildman–Crippen LogP) is 5.84. The van der Waals surface area contributed by atoms with E-state index in [4.69, 9.17) is 4.74 Å². The van der Waals surface area contributed by atoms with Crippen molar-refractivity contribution in [2.45, 2.75) is 32.7 Å². The van der Waals surface area contributed by atoms with Gasteiger partial charge in [0.1, 0.15) is 0 Å². The van der Waals surface area contributed by atoms with Gasteiger partial charge >= 0.3 is 12.0 Å². The van der Waals surface area contributed by atoms with Crippen molar-refractivity contribution in [3.05, 3.63) is 93.7 Å². The molecule has 4 rings (SSSR count). The lowest BCUT2D eigenvalue weighted by atomic mass is 9.91. The summed E-state index contributed by atoms with van der Waals surface area (Å²) in [5, 5.41) is 7.75. The van der Waals surface area contributed by atoms with Crippen LogP contribution in [-0.4, -0.2) is 36.0 Å². The molecule has 0 bridgehead atoms. The first kappa shape index (κ1) is 25.2. The lowest BCUT2D eigenvalue weighted by Crippen LogP contribution is -2.48. The van der Waals surface area contributed by atoms with E-state index in [1.54, 1.807) is 36.1 Å². The maximum absolute atomic E-state index is 13.4. The average Bonchev–Trinajstić information content (AvgIpc) is 3.43. The summed E-state index contributed by atoms with van der Waals surface area (Å²) >= 11 is 1.35. The van der Waals surface area contributed by atoms with Crippen LogP contribution in [0.4, 0.5) is 10.5 Å². The monoisotopic (exact) mass is 503 g/mol. The molecule has 1 aliphatic rings. The Morgan fingerprint density at radius 1 is 1.06 bits per heavy atom. The van der Waals surface area contributed by atoms with Crippen LogP contribution >= 0.6 is 11.3 Å². The van der Waals surface area contributed by atoms with Gasteiger partial charge in [0.25, 0.3) is 5.91 Å². The molecule has 1 aromatic heterocycles. The van der Waals surface area contributed by atoms with Crippen LogP contribution in [-0.2, 0) is 9.53 Å². The number of rotatable bonds is 9. The molecule has 36 heavy (non-hydrogen) atoms. The van der Waals surface area contributed by atoms with Gasteiger partial charge in [-0.2, -0.15) is 0 Å². The lowest BCUT2D eigenvalue weighted by Gasteiger charge is -2.37. The molecule has 1 aliphatic heterocycles. The normalized spacial score (nSPS) is 15.4. The van der Waals surface area contributed by atoms with Gasteiger partial charge in [-0.15, -0.1) is 11.3 Å². The minimum Gasteiger partial charge on any atom is -0.463 e. The fourth-order valence-electron chi connectivity index (χ4n) is 4.16. The zero-order valence-corrected chi connectivity index (χ0v) is 21.1. The Morgan fingerprint density at radius 3 is 2.56 bits per heavy atom. The molecule has 7 nitrogen and oxygen atoms in total. The summed E-state index contributed by atoms with van der Waals surface area (Å²) in [5.41, 5.74) is 2.90. The molecule has 8 heteroatoms. The van der Waals surface area contributed by atoms with Crippen LogP contribution in [0.1, 0.15) is 53.5 Å². The number of hydrogen-bond acceptors (Lipinski definition) is 5. The molecule has 0 unspecified atom stereocenters. The second-order valence-electron chi connectivity index (χ2n) is 8.29. The third-order valence-electron chi connectivity index (χ3n) is 5.83. The summed E-state index contributed by atoms with van der Waals surface area (Å²) in [6, 6.07) is 19.2. The summed E-state index contributed by atoms with van der Waals surface area (Å²) in [6.07, 6.45) is 1.69. The maximum atomic E-state index is 13.4. The topological polar surface area (TPSA) is 87.7 Å². The Balaban J connectivity index is 1.80. The number of carbonyl (C=O) groups excluding carboxylic acids is 3. The van der Waals surface area contributed by atoms with E-state index < -0.39 is 12.0 Å². The quantitative estimate of drug-likeness (QED) is 0.359. The first-order valence-electron chi connectivity index (χ1n) is 12.0. The third kappa shape index (κ3) is 5.49. The molecular formula is C28H29N3O4S. The highest BCUT2D eigenvalue weighted by Crippen LogP contribution is 2.37. The van der Waals surface area contributed by atoms with Crippen LogP contribution in [0.2, 0.25) is 0 Å². The van der Waals surface area contributed by atoms with Gasteiger partial charge in [-0.3, -0.25) is 9.69 Å². The van der Waals surface area contributed by atoms with Crippen molar-refractivity contribution in [1.82, 2.24) is 10.2 Å². The van der Waals surface area contributed by atoms with Crippen molar-refractivity contribution in [2.24, 2.45) is 0 Å². The number of nitrogens with one attached hydrogen (secondary N) is 2. The zero-order valence-electron chi connectivity index (χ0n) is 20.3. The van der Waals surface area contributed by atoms with Crippen molar-refractivity contribution >= 4 is 40.6 Å². The Kier molecular flexibility index (Phi) is 8.17. The van der Waals surface area contributed by atoms with Gasteiger partial charge in [0, 0.05) is 12.2 Å². The van der Waals surface area contributed by atoms with E-state index >= 15 is 0 Å². The minimum absolute atomic E-state index is 0.205. The van der Waals surface area contributed by atoms with Crippen molar-refractivity contribution in [3.8, 4) is 0 Å². The number of ether oxygens (including phenoxy) is 1. The van der Waals surface area contributed by atoms with Gasteiger partial charge in [-0.1, -0.05) is 61.9 Å². The summed E-state index contributed by atoms with van der Waals surface area (Å²) < 4.78 is 5.47. The summed E-state index contributed by atoms with van der Waals surface area (Å²) in [6.45, 7) is 4.49. The van der Waals surface area contributed by atoms with Gasteiger partial charge < -0.3 is 15.4 Å². The molecule has 0 radical (unpaired) electrons. The highest BCUT2D eigenvalue weighted by atomic mass is 32.1. The van der Waals surface area contributed by atoms with Crippen molar-refractivity contribution < 1.29 is 19.1 Å². The van der Waals surface area contributed by atoms with E-state index in [0.29, 0.717) is 33.9 Å². The van der Waals surface area contributed by atoms with E-state index in [9.17, 15) is 14.4 Å². The van der Waals surface area contributed by atoms with E-state index in [2.05, 4.69) is 17.6 Å². The van der Waals surface area contributed by atoms with Crippen LogP contribution < -0.4 is 10.6 Å². The molecule has 0 saturated heterocycles. The first-order valence-corrected chi connectivity index (χ1v) is 12.9. The maximum Gasteiger partial charge on any atom is 0.338 e. The van der Waals surface area contributed by atoms with Gasteiger partial charge in [-0.05, 0) is 48.1 Å². The molecule has 2 N–H and O–H groups in total. The van der Waals surface area contributed by atoms with Gasteiger partial charge in [-0.25, -0.2) is 9.59 Å². The molecule has 0 aliphatic carbocycles. The second kappa shape index (κ2) is 11.7. The molecule has 0 saturated carbocycles. The molecule has 0 fully saturated rings. The number of carbonyl (C=O) groups is 3. The van der Waals surface area contributed by atoms with Crippen molar-refractivity contribution in [2.75, 3.05) is 18.5 Å². The SMILES string of the molecule is CCCCN1C(=O)N[C@@H](c2cccc(NC(=O)c3cccs3)c2)C(C(=O)OCC)=C1c1ccccc1. The molecule has 186 valence electrons. The van der Waals surface area contributed by atoms with E-state index in [0.717, 1.165) is 18.4 Å². The number of anilines is 1. The average molecular weight is 504 g/mol. The third-order valence-corrected chi connectivity index (χ3v) is 6.70. The molecule has 2 heterocycles. The fourth-order valence-corrected chi connectivity index (χ4v) is 4.78. The number of unbranched alkanes of at least 4 members (excludes halogenated alkanes) is 1. The number of thiophene rings is 1. The zero-order chi connectivity index (χ0) is 25.5. The van der Waals surface area contributed by atoms with Gasteiger partial charge in [0.2, 0.25) is 0 Å². The molecular weight excluding hydrogens is 474 g/mol. The van der Waals surface area contributed by atoms with Crippen LogP contribution in [0.15, 0.2) is 77.7 Å². The van der Waals surface area contributed by atoms with Crippen molar-refractivity contribution in [1.29, 1.82) is 0 Å². The van der Waals surface area contributed by atoms with Crippen LogP contribution in [0.3, 0.4) is 0 Å². The summed E-state index contributed by atoms with van der Waals surface area (Å²) in [5.74, 6) is -0.706. The molecule has 1 atom stereocenters. The van der Waals surface area contributed by atoms with Crippen LogP contribution in [0.5, 0.6) is 0 Å². The highest BCUT2D eigenvalue weighted by Gasteiger charge is 2.38. The van der Waals surface area contributed by atoms with Gasteiger partial charge in [0.15, 0.2) is 0 Å². The Bertz CT molecular complexity index is 1250. The molecule has 0 spiro atoms. The fraction of sp³-hybridized carbons (Fsp3) is 0.250. The number of urea groups is 1. The number of benzene rings is 2. The van der Waals surface area contributed by atoms with E-state index in [1.807, 2.05) is 47.8 Å². The standard InChI is InChI=1S/C28H29N3O4S/c1-3-5-16-31-25(19-11-7-6-8-12-19)23(27(33)35-4-2)24(30-28(31)34)20-13-9-14-21(18-20)29-26(32)22-15-10-17-36-22/h6-15,17-18,24H,3-5,16H2,1-2H3,(H,29,32)(H,30,34)/t24-/m0/s1. The minimum atomic E-state index is -0.747. The number of nitrogens with zero attached hydrogens (tertiary/aromatic N) is 1. The van der Waals surface area contributed by atoms with Gasteiger partial charge in [0.05, 0.1) is 28.8 Å². The van der Waals surface area contributed by atoms with E-state index in [1.165, 1.54) is 11.3 Å². The molecule has 3 amide bonds. The highest BCUT2D eigenvalue weighted by molar-refractivity contribution is 7.12. The van der Waals surface area contributed by atoms with Crippen LogP contribution in [0, 0.1) is 0 Å². The Hall–Kier alpha value is -3.91. The number of hydrogen-bond donors (Lipinski definition) is 2. The van der Waals surface area contributed by atoms with Crippen LogP contribution in [0.25, 0.3) is 5.70 Å². The molecule has 3 aromatic rings. The number of esters is 1. The van der Waals surface area contributed by atoms with Crippen molar-refractivity contribution in [3.63, 3.8) is 0 Å². The number of amides is 3. The smallest absolute Gasteiger partial charge is 0.338 e. The second-order valence-corrected chi connectivity index (χ2v) is 9.24. The Labute approximate surface area is 214 Å². The summed E-state index contributed by atoms with van der Waals surface area (Å²) in [4.78, 5) is 41.6. The van der Waals surface area contributed by atoms with E-state index in [-0.39, 0.29) is 18.5 Å². The first-order chi connectivity index (χ1) is 17.5. The molecule has 2 aromatic carbocycles. The predicted molar refractivity (Wildman–Crippen MR) is 142 cm³/mol. The largest absolute Gasteiger partial charge is 0.463 e. The lowest BCUT2D eigenvalue weighted by molar-refractivity contribution is -0.138.